The average molecular weight is 380 g/mol. The SMILES string of the molecule is CC1(C)C(Cc2cc(CCO)on2)CC1N(S(C)(=O)=O)S(C)(=O)=O. The highest BCUT2D eigenvalue weighted by Crippen LogP contribution is 2.51. The summed E-state index contributed by atoms with van der Waals surface area (Å²) in [4.78, 5) is 0. The lowest BCUT2D eigenvalue weighted by molar-refractivity contribution is -0.00276. The van der Waals surface area contributed by atoms with Gasteiger partial charge in [-0.25, -0.2) is 16.8 Å². The number of nitrogens with zero attached hydrogens (tertiary/aromatic N) is 2. The monoisotopic (exact) mass is 380 g/mol. The summed E-state index contributed by atoms with van der Waals surface area (Å²) in [5.41, 5.74) is 0.211. The molecule has 0 aliphatic heterocycles. The van der Waals surface area contributed by atoms with Crippen LogP contribution in [0.5, 0.6) is 0 Å². The maximum Gasteiger partial charge on any atom is 0.224 e. The van der Waals surface area contributed by atoms with Crippen molar-refractivity contribution in [1.29, 1.82) is 0 Å². The molecule has 2 unspecified atom stereocenters. The van der Waals surface area contributed by atoms with Gasteiger partial charge in [0.05, 0.1) is 24.8 Å². The van der Waals surface area contributed by atoms with Crippen molar-refractivity contribution in [1.82, 2.24) is 8.87 Å². The highest BCUT2D eigenvalue weighted by Gasteiger charge is 2.55. The van der Waals surface area contributed by atoms with E-state index in [4.69, 9.17) is 9.63 Å². The second-order valence-corrected chi connectivity index (χ2v) is 10.9. The Morgan fingerprint density at radius 2 is 1.88 bits per heavy atom. The minimum atomic E-state index is -3.87. The maximum absolute atomic E-state index is 11.9. The van der Waals surface area contributed by atoms with Gasteiger partial charge >= 0.3 is 0 Å². The van der Waals surface area contributed by atoms with Gasteiger partial charge in [0.2, 0.25) is 20.0 Å². The fourth-order valence-corrected chi connectivity index (χ4v) is 6.94. The summed E-state index contributed by atoms with van der Waals surface area (Å²) >= 11 is 0. The number of sulfonamides is 2. The lowest BCUT2D eigenvalue weighted by Gasteiger charge is -2.54. The fourth-order valence-electron chi connectivity index (χ4n) is 3.33. The second kappa shape index (κ2) is 6.40. The Labute approximate surface area is 142 Å². The summed E-state index contributed by atoms with van der Waals surface area (Å²) in [5, 5.41) is 12.8. The Morgan fingerprint density at radius 3 is 2.33 bits per heavy atom. The van der Waals surface area contributed by atoms with Crippen LogP contribution in [-0.2, 0) is 32.9 Å². The summed E-state index contributed by atoms with van der Waals surface area (Å²) in [5.74, 6) is 0.677. The Bertz CT molecular complexity index is 765. The molecular weight excluding hydrogens is 356 g/mol. The molecule has 0 saturated heterocycles. The first kappa shape index (κ1) is 19.4. The van der Waals surface area contributed by atoms with Crippen LogP contribution in [-0.4, -0.2) is 56.0 Å². The zero-order valence-corrected chi connectivity index (χ0v) is 15.9. The smallest absolute Gasteiger partial charge is 0.224 e. The molecule has 1 heterocycles. The number of hydrogen-bond donors (Lipinski definition) is 1. The Hall–Kier alpha value is -0.970. The standard InChI is InChI=1S/C14H24N2O6S2/c1-14(2)10(7-11-9-12(5-6-17)22-15-11)8-13(14)16(23(3,18)19)24(4,20)21/h9-10,13,17H,5-8H2,1-4H3. The molecule has 0 aromatic carbocycles. The first-order valence-electron chi connectivity index (χ1n) is 7.62. The third kappa shape index (κ3) is 3.81. The van der Waals surface area contributed by atoms with E-state index in [1.54, 1.807) is 6.07 Å². The van der Waals surface area contributed by atoms with E-state index in [2.05, 4.69) is 5.16 Å². The quantitative estimate of drug-likeness (QED) is 0.727. The van der Waals surface area contributed by atoms with E-state index in [1.165, 1.54) is 0 Å². The zero-order chi connectivity index (χ0) is 18.3. The van der Waals surface area contributed by atoms with Crippen molar-refractivity contribution in [3.8, 4) is 0 Å². The summed E-state index contributed by atoms with van der Waals surface area (Å²) in [7, 11) is -7.74. The predicted octanol–water partition coefficient (Wildman–Crippen LogP) is 0.388. The third-order valence-electron chi connectivity index (χ3n) is 4.75. The van der Waals surface area contributed by atoms with Gasteiger partial charge in [0.15, 0.2) is 0 Å². The van der Waals surface area contributed by atoms with Crippen LogP contribution in [0.1, 0.15) is 31.7 Å². The van der Waals surface area contributed by atoms with Crippen LogP contribution in [0.4, 0.5) is 0 Å². The molecule has 24 heavy (non-hydrogen) atoms. The number of aliphatic hydroxyl groups excluding tert-OH is 1. The molecule has 1 aromatic heterocycles. The summed E-state index contributed by atoms with van der Waals surface area (Å²) in [6, 6.07) is 1.17. The van der Waals surface area contributed by atoms with Crippen LogP contribution in [0.2, 0.25) is 0 Å². The van der Waals surface area contributed by atoms with Crippen LogP contribution < -0.4 is 0 Å². The topological polar surface area (TPSA) is 118 Å². The van der Waals surface area contributed by atoms with Crippen LogP contribution in [0.3, 0.4) is 0 Å². The zero-order valence-electron chi connectivity index (χ0n) is 14.3. The molecule has 8 nitrogen and oxygen atoms in total. The van der Waals surface area contributed by atoms with Crippen molar-refractivity contribution in [2.75, 3.05) is 19.1 Å². The largest absolute Gasteiger partial charge is 0.396 e. The predicted molar refractivity (Wildman–Crippen MR) is 88.2 cm³/mol. The van der Waals surface area contributed by atoms with Crippen LogP contribution in [0, 0.1) is 11.3 Å². The van der Waals surface area contributed by atoms with Crippen molar-refractivity contribution in [2.45, 2.75) is 39.2 Å². The summed E-state index contributed by atoms with van der Waals surface area (Å²) in [6.45, 7) is 3.71. The molecule has 0 radical (unpaired) electrons. The molecule has 1 saturated carbocycles. The van der Waals surface area contributed by atoms with E-state index in [0.29, 0.717) is 28.7 Å². The van der Waals surface area contributed by atoms with Gasteiger partial charge in [-0.05, 0) is 24.2 Å². The van der Waals surface area contributed by atoms with Crippen molar-refractivity contribution >= 4 is 20.0 Å². The van der Waals surface area contributed by atoms with Crippen molar-refractivity contribution in [3.63, 3.8) is 0 Å². The van der Waals surface area contributed by atoms with E-state index >= 15 is 0 Å². The number of aromatic nitrogens is 1. The van der Waals surface area contributed by atoms with Gasteiger partial charge in [-0.15, -0.1) is 0 Å². The molecule has 0 spiro atoms. The molecule has 1 N–H and O–H groups in total. The van der Waals surface area contributed by atoms with E-state index in [-0.39, 0.29) is 12.5 Å². The van der Waals surface area contributed by atoms with Gasteiger partial charge in [0.1, 0.15) is 5.76 Å². The molecule has 0 bridgehead atoms. The molecule has 1 aliphatic rings. The molecule has 138 valence electrons. The number of rotatable bonds is 7. The molecule has 1 aliphatic carbocycles. The van der Waals surface area contributed by atoms with Crippen molar-refractivity contribution < 1.29 is 26.5 Å². The van der Waals surface area contributed by atoms with E-state index in [9.17, 15) is 16.8 Å². The van der Waals surface area contributed by atoms with Gasteiger partial charge in [0, 0.05) is 18.5 Å². The first-order chi connectivity index (χ1) is 10.9. The molecular formula is C14H24N2O6S2. The molecule has 2 atom stereocenters. The highest BCUT2D eigenvalue weighted by molar-refractivity contribution is 8.03. The van der Waals surface area contributed by atoms with E-state index in [1.807, 2.05) is 13.8 Å². The first-order valence-corrected chi connectivity index (χ1v) is 11.3. The lowest BCUT2D eigenvalue weighted by atomic mass is 9.57. The number of hydrogen-bond acceptors (Lipinski definition) is 7. The summed E-state index contributed by atoms with van der Waals surface area (Å²) < 4.78 is 53.5. The van der Waals surface area contributed by atoms with E-state index < -0.39 is 31.5 Å². The lowest BCUT2D eigenvalue weighted by Crippen LogP contribution is -2.61. The van der Waals surface area contributed by atoms with Gasteiger partial charge in [-0.3, -0.25) is 0 Å². The van der Waals surface area contributed by atoms with Gasteiger partial charge < -0.3 is 9.63 Å². The molecule has 1 aromatic rings. The van der Waals surface area contributed by atoms with Crippen molar-refractivity contribution in [3.05, 3.63) is 17.5 Å². The van der Waals surface area contributed by atoms with Crippen LogP contribution in [0.25, 0.3) is 0 Å². The van der Waals surface area contributed by atoms with Crippen LogP contribution >= 0.6 is 0 Å². The van der Waals surface area contributed by atoms with Gasteiger partial charge in [-0.1, -0.05) is 22.7 Å². The van der Waals surface area contributed by atoms with Crippen LogP contribution in [0.15, 0.2) is 10.6 Å². The van der Waals surface area contributed by atoms with Crippen molar-refractivity contribution in [2.24, 2.45) is 11.3 Å². The Morgan fingerprint density at radius 1 is 1.29 bits per heavy atom. The normalized spacial score (nSPS) is 24.1. The average Bonchev–Trinajstić information content (AvgIpc) is 2.82. The second-order valence-electron chi connectivity index (χ2n) is 6.98. The molecule has 0 amide bonds. The molecule has 2 rings (SSSR count). The minimum absolute atomic E-state index is 0.0245. The Balaban J connectivity index is 2.16. The highest BCUT2D eigenvalue weighted by atomic mass is 32.3. The molecule has 1 fully saturated rings. The van der Waals surface area contributed by atoms with E-state index in [0.717, 1.165) is 18.2 Å². The molecule has 10 heteroatoms. The number of aliphatic hydroxyl groups is 1. The minimum Gasteiger partial charge on any atom is -0.396 e. The summed E-state index contributed by atoms with van der Waals surface area (Å²) in [6.07, 6.45) is 3.22. The van der Waals surface area contributed by atoms with Gasteiger partial charge in [-0.2, -0.15) is 0 Å². The fraction of sp³-hybridized carbons (Fsp3) is 0.786. The Kier molecular flexibility index (Phi) is 5.16. The maximum atomic E-state index is 11.9. The van der Waals surface area contributed by atoms with Gasteiger partial charge in [0.25, 0.3) is 0 Å². The third-order valence-corrected chi connectivity index (χ3v) is 8.19.